The molecule has 1 aromatic heterocycles. The Balaban J connectivity index is 2.19. The van der Waals surface area contributed by atoms with Gasteiger partial charge < -0.3 is 9.84 Å². The molecule has 1 aromatic carbocycles. The molecular formula is C14H18ClN3O. The Kier molecular flexibility index (Phi) is 4.56. The molecule has 2 atom stereocenters. The lowest BCUT2D eigenvalue weighted by molar-refractivity contribution is 0.332. The van der Waals surface area contributed by atoms with Crippen molar-refractivity contribution in [2.75, 3.05) is 6.54 Å². The fourth-order valence-corrected chi connectivity index (χ4v) is 2.07. The average molecular weight is 280 g/mol. The van der Waals surface area contributed by atoms with Crippen molar-refractivity contribution < 1.29 is 4.52 Å². The lowest BCUT2D eigenvalue weighted by Crippen LogP contribution is -2.30. The standard InChI is InChI=1S/C14H18ClN3O/c1-4-16-10(3)9(2)14-17-13(18-19-14)11-6-5-7-12(15)8-11/h5-10,16H,4H2,1-3H3. The Morgan fingerprint density at radius 1 is 1.37 bits per heavy atom. The van der Waals surface area contributed by atoms with Gasteiger partial charge in [-0.3, -0.25) is 0 Å². The van der Waals surface area contributed by atoms with E-state index >= 15 is 0 Å². The van der Waals surface area contributed by atoms with E-state index in [1.807, 2.05) is 24.3 Å². The number of halogens is 1. The highest BCUT2D eigenvalue weighted by atomic mass is 35.5. The third kappa shape index (κ3) is 3.33. The van der Waals surface area contributed by atoms with Gasteiger partial charge in [0.2, 0.25) is 11.7 Å². The maximum atomic E-state index is 5.96. The number of aromatic nitrogens is 2. The monoisotopic (exact) mass is 279 g/mol. The number of nitrogens with one attached hydrogen (secondary N) is 1. The Morgan fingerprint density at radius 2 is 2.16 bits per heavy atom. The first-order valence-electron chi connectivity index (χ1n) is 6.44. The summed E-state index contributed by atoms with van der Waals surface area (Å²) in [4.78, 5) is 4.45. The molecule has 2 rings (SSSR count). The second-order valence-electron chi connectivity index (χ2n) is 4.60. The van der Waals surface area contributed by atoms with Gasteiger partial charge in [0.15, 0.2) is 0 Å². The summed E-state index contributed by atoms with van der Waals surface area (Å²) in [5.74, 6) is 1.39. The molecular weight excluding hydrogens is 262 g/mol. The molecule has 0 amide bonds. The topological polar surface area (TPSA) is 51.0 Å². The summed E-state index contributed by atoms with van der Waals surface area (Å²) in [5, 5.41) is 8.04. The van der Waals surface area contributed by atoms with Crippen LogP contribution in [0.4, 0.5) is 0 Å². The molecule has 0 fully saturated rings. The highest BCUT2D eigenvalue weighted by Gasteiger charge is 2.20. The maximum absolute atomic E-state index is 5.96. The predicted molar refractivity (Wildman–Crippen MR) is 76.3 cm³/mol. The van der Waals surface area contributed by atoms with Crippen LogP contribution < -0.4 is 5.32 Å². The summed E-state index contributed by atoms with van der Waals surface area (Å²) in [6.45, 7) is 7.18. The van der Waals surface area contributed by atoms with E-state index in [4.69, 9.17) is 16.1 Å². The van der Waals surface area contributed by atoms with Gasteiger partial charge in [0.1, 0.15) is 0 Å². The van der Waals surface area contributed by atoms with Crippen LogP contribution >= 0.6 is 11.6 Å². The lowest BCUT2D eigenvalue weighted by atomic mass is 10.0. The number of hydrogen-bond donors (Lipinski definition) is 1. The minimum absolute atomic E-state index is 0.167. The molecule has 1 N–H and O–H groups in total. The van der Waals surface area contributed by atoms with Crippen molar-refractivity contribution in [3.63, 3.8) is 0 Å². The van der Waals surface area contributed by atoms with Crippen LogP contribution in [-0.4, -0.2) is 22.7 Å². The first kappa shape index (κ1) is 14.0. The molecule has 0 radical (unpaired) electrons. The smallest absolute Gasteiger partial charge is 0.231 e. The molecule has 0 saturated heterocycles. The van der Waals surface area contributed by atoms with Crippen LogP contribution in [0, 0.1) is 0 Å². The molecule has 5 heteroatoms. The zero-order valence-electron chi connectivity index (χ0n) is 11.4. The molecule has 0 saturated carbocycles. The zero-order valence-corrected chi connectivity index (χ0v) is 12.1. The maximum Gasteiger partial charge on any atom is 0.231 e. The number of benzene rings is 1. The third-order valence-electron chi connectivity index (χ3n) is 3.19. The van der Waals surface area contributed by atoms with E-state index in [2.05, 4.69) is 36.2 Å². The number of rotatable bonds is 5. The summed E-state index contributed by atoms with van der Waals surface area (Å²) in [6, 6.07) is 7.73. The second kappa shape index (κ2) is 6.17. The Bertz CT molecular complexity index is 541. The molecule has 2 aromatic rings. The van der Waals surface area contributed by atoms with E-state index in [9.17, 15) is 0 Å². The highest BCUT2D eigenvalue weighted by molar-refractivity contribution is 6.30. The molecule has 0 aliphatic heterocycles. The fraction of sp³-hybridized carbons (Fsp3) is 0.429. The fourth-order valence-electron chi connectivity index (χ4n) is 1.88. The Morgan fingerprint density at radius 3 is 2.84 bits per heavy atom. The lowest BCUT2D eigenvalue weighted by Gasteiger charge is -2.16. The van der Waals surface area contributed by atoms with E-state index in [0.717, 1.165) is 12.1 Å². The van der Waals surface area contributed by atoms with E-state index in [0.29, 0.717) is 16.7 Å². The average Bonchev–Trinajstić information content (AvgIpc) is 2.87. The number of nitrogens with zero attached hydrogens (tertiary/aromatic N) is 2. The molecule has 0 spiro atoms. The highest BCUT2D eigenvalue weighted by Crippen LogP contribution is 2.23. The molecule has 19 heavy (non-hydrogen) atoms. The van der Waals surface area contributed by atoms with Gasteiger partial charge in [0.25, 0.3) is 0 Å². The van der Waals surface area contributed by atoms with E-state index in [-0.39, 0.29) is 12.0 Å². The normalized spacial score (nSPS) is 14.3. The van der Waals surface area contributed by atoms with Crippen molar-refractivity contribution >= 4 is 11.6 Å². The van der Waals surface area contributed by atoms with Crippen LogP contribution in [-0.2, 0) is 0 Å². The van der Waals surface area contributed by atoms with Crippen LogP contribution in [0.5, 0.6) is 0 Å². The molecule has 1 heterocycles. The van der Waals surface area contributed by atoms with Crippen LogP contribution in [0.15, 0.2) is 28.8 Å². The third-order valence-corrected chi connectivity index (χ3v) is 3.43. The van der Waals surface area contributed by atoms with Crippen LogP contribution in [0.1, 0.15) is 32.6 Å². The van der Waals surface area contributed by atoms with E-state index < -0.39 is 0 Å². The van der Waals surface area contributed by atoms with Gasteiger partial charge in [-0.1, -0.05) is 42.7 Å². The Labute approximate surface area is 118 Å². The zero-order chi connectivity index (χ0) is 13.8. The summed E-state index contributed by atoms with van der Waals surface area (Å²) < 4.78 is 5.34. The quantitative estimate of drug-likeness (QED) is 0.910. The van der Waals surface area contributed by atoms with Crippen LogP contribution in [0.2, 0.25) is 5.02 Å². The van der Waals surface area contributed by atoms with Crippen molar-refractivity contribution in [2.45, 2.75) is 32.7 Å². The predicted octanol–water partition coefficient (Wildman–Crippen LogP) is 3.49. The van der Waals surface area contributed by atoms with E-state index in [1.54, 1.807) is 0 Å². The summed E-state index contributed by atoms with van der Waals surface area (Å²) in [5.41, 5.74) is 0.866. The van der Waals surface area contributed by atoms with E-state index in [1.165, 1.54) is 0 Å². The van der Waals surface area contributed by atoms with Gasteiger partial charge in [-0.25, -0.2) is 0 Å². The number of likely N-dealkylation sites (N-methyl/N-ethyl adjacent to an activating group) is 1. The molecule has 4 nitrogen and oxygen atoms in total. The van der Waals surface area contributed by atoms with Gasteiger partial charge in [0.05, 0.1) is 5.92 Å². The molecule has 2 unspecified atom stereocenters. The summed E-state index contributed by atoms with van der Waals surface area (Å²) in [6.07, 6.45) is 0. The van der Waals surface area contributed by atoms with Crippen LogP contribution in [0.25, 0.3) is 11.4 Å². The minimum atomic E-state index is 0.167. The van der Waals surface area contributed by atoms with Gasteiger partial charge >= 0.3 is 0 Å². The van der Waals surface area contributed by atoms with Crippen molar-refractivity contribution in [1.29, 1.82) is 0 Å². The van der Waals surface area contributed by atoms with Gasteiger partial charge in [0, 0.05) is 16.6 Å². The minimum Gasteiger partial charge on any atom is -0.339 e. The van der Waals surface area contributed by atoms with Gasteiger partial charge in [-0.15, -0.1) is 0 Å². The van der Waals surface area contributed by atoms with Crippen molar-refractivity contribution in [3.8, 4) is 11.4 Å². The molecule has 0 bridgehead atoms. The Hall–Kier alpha value is -1.39. The van der Waals surface area contributed by atoms with Crippen molar-refractivity contribution in [2.24, 2.45) is 0 Å². The molecule has 0 aliphatic rings. The first-order valence-corrected chi connectivity index (χ1v) is 6.82. The largest absolute Gasteiger partial charge is 0.339 e. The summed E-state index contributed by atoms with van der Waals surface area (Å²) >= 11 is 5.96. The van der Waals surface area contributed by atoms with Crippen molar-refractivity contribution in [3.05, 3.63) is 35.2 Å². The molecule has 102 valence electrons. The number of hydrogen-bond acceptors (Lipinski definition) is 4. The second-order valence-corrected chi connectivity index (χ2v) is 5.04. The van der Waals surface area contributed by atoms with Gasteiger partial charge in [-0.2, -0.15) is 4.98 Å². The SMILES string of the molecule is CCNC(C)C(C)c1nc(-c2cccc(Cl)c2)no1. The van der Waals surface area contributed by atoms with Crippen molar-refractivity contribution in [1.82, 2.24) is 15.5 Å². The first-order chi connectivity index (χ1) is 9.11. The van der Waals surface area contributed by atoms with Gasteiger partial charge in [-0.05, 0) is 25.6 Å². The van der Waals surface area contributed by atoms with Crippen LogP contribution in [0.3, 0.4) is 0 Å². The molecule has 0 aliphatic carbocycles. The summed E-state index contributed by atoms with van der Waals surface area (Å²) in [7, 11) is 0.